The van der Waals surface area contributed by atoms with E-state index in [0.29, 0.717) is 5.92 Å². The van der Waals surface area contributed by atoms with Crippen LogP contribution in [0.3, 0.4) is 0 Å². The predicted octanol–water partition coefficient (Wildman–Crippen LogP) is 6.31. The van der Waals surface area contributed by atoms with E-state index in [9.17, 15) is 0 Å². The molecule has 0 saturated carbocycles. The third kappa shape index (κ3) is 134. The van der Waals surface area contributed by atoms with Gasteiger partial charge in [-0.25, -0.2) is 0 Å². The van der Waals surface area contributed by atoms with Crippen LogP contribution in [0.1, 0.15) is 93.9 Å². The Labute approximate surface area is 136 Å². The van der Waals surface area contributed by atoms with Gasteiger partial charge in [-0.3, -0.25) is 0 Å². The number of terminal acetylenes is 1. The van der Waals surface area contributed by atoms with Crippen molar-refractivity contribution in [2.75, 3.05) is 0 Å². The molecule has 0 rings (SSSR count). The first-order valence-electron chi connectivity index (χ1n) is 7.47. The minimum Gasteiger partial charge on any atom is -0.120 e. The largest absolute Gasteiger partial charge is 0.120 e. The van der Waals surface area contributed by atoms with Gasteiger partial charge in [-0.1, -0.05) is 93.9 Å². The van der Waals surface area contributed by atoms with Crippen molar-refractivity contribution in [2.24, 2.45) is 5.92 Å². The first kappa shape index (κ1) is 31.0. The molecule has 0 unspecified atom stereocenters. The van der Waals surface area contributed by atoms with Crippen molar-refractivity contribution in [1.82, 2.24) is 0 Å². The second-order valence-corrected chi connectivity index (χ2v) is 4.32. The Morgan fingerprint density at radius 2 is 0.778 bits per heavy atom. The minimum absolute atomic E-state index is 0. The molecule has 0 amide bonds. The minimum atomic E-state index is 0. The van der Waals surface area contributed by atoms with Crippen LogP contribution in [0, 0.1) is 18.3 Å². The van der Waals surface area contributed by atoms with Gasteiger partial charge in [0.1, 0.15) is 0 Å². The van der Waals surface area contributed by atoms with Gasteiger partial charge in [-0.05, 0) is 0 Å². The second kappa shape index (κ2) is 43.3. The predicted molar refractivity (Wildman–Crippen MR) is 91.2 cm³/mol. The van der Waals surface area contributed by atoms with Gasteiger partial charge in [-0.2, -0.15) is 0 Å². The smallest absolute Gasteiger partial charge is 0.0143 e. The SMILES string of the molecule is C#CC(C)C.CCCC.CCCC.CCCC.[Sn]. The Morgan fingerprint density at radius 1 is 0.667 bits per heavy atom. The summed E-state index contributed by atoms with van der Waals surface area (Å²) < 4.78 is 0. The van der Waals surface area contributed by atoms with Gasteiger partial charge in [0.2, 0.25) is 0 Å². The van der Waals surface area contributed by atoms with Crippen LogP contribution >= 0.6 is 0 Å². The molecule has 0 aromatic carbocycles. The van der Waals surface area contributed by atoms with Crippen LogP contribution in [0.5, 0.6) is 0 Å². The summed E-state index contributed by atoms with van der Waals surface area (Å²) in [7, 11) is 0. The Kier molecular flexibility index (Phi) is 74.6. The third-order valence-electron chi connectivity index (χ3n) is 1.83. The Bertz CT molecular complexity index is 95.8. The summed E-state index contributed by atoms with van der Waals surface area (Å²) in [5, 5.41) is 0. The fourth-order valence-electron chi connectivity index (χ4n) is 0. The number of unbranched alkanes of at least 4 members (excludes halogenated alkanes) is 3. The molecule has 0 bridgehead atoms. The summed E-state index contributed by atoms with van der Waals surface area (Å²) in [6.45, 7) is 17.1. The van der Waals surface area contributed by atoms with Gasteiger partial charge in [0, 0.05) is 29.8 Å². The van der Waals surface area contributed by atoms with E-state index in [1.165, 1.54) is 38.5 Å². The molecule has 0 aromatic rings. The average molecular weight is 361 g/mol. The average Bonchev–Trinajstić information content (AvgIpc) is 2.39. The van der Waals surface area contributed by atoms with E-state index < -0.39 is 0 Å². The fraction of sp³-hybridized carbons (Fsp3) is 0.882. The standard InChI is InChI=1S/C5H8.3C4H10.Sn/c1-4-5(2)3;3*1-3-4-2;/h1,5H,2-3H3;3*3-4H2,1-2H3;. The molecule has 1 heteroatoms. The van der Waals surface area contributed by atoms with Crippen LogP contribution < -0.4 is 0 Å². The van der Waals surface area contributed by atoms with E-state index in [1.54, 1.807) is 0 Å². The summed E-state index contributed by atoms with van der Waals surface area (Å²) in [6.07, 6.45) is 12.8. The molecule has 0 spiro atoms. The number of hydrogen-bond donors (Lipinski definition) is 0. The topological polar surface area (TPSA) is 0 Å². The first-order valence-corrected chi connectivity index (χ1v) is 7.47. The third-order valence-corrected chi connectivity index (χ3v) is 1.83. The van der Waals surface area contributed by atoms with E-state index >= 15 is 0 Å². The summed E-state index contributed by atoms with van der Waals surface area (Å²) in [5.74, 6) is 2.94. The Balaban J connectivity index is -0.0000000412. The Hall–Kier alpha value is 0.359. The molecule has 0 saturated heterocycles. The molecular formula is C17H38Sn. The van der Waals surface area contributed by atoms with E-state index in [4.69, 9.17) is 6.42 Å². The molecule has 0 aromatic heterocycles. The molecule has 0 N–H and O–H groups in total. The second-order valence-electron chi connectivity index (χ2n) is 4.32. The molecule has 0 heterocycles. The van der Waals surface area contributed by atoms with Crippen molar-refractivity contribution in [3.05, 3.63) is 0 Å². The summed E-state index contributed by atoms with van der Waals surface area (Å²) in [5.41, 5.74) is 0. The van der Waals surface area contributed by atoms with E-state index in [-0.39, 0.29) is 23.9 Å². The monoisotopic (exact) mass is 362 g/mol. The molecule has 0 atom stereocenters. The van der Waals surface area contributed by atoms with Gasteiger partial charge in [-0.15, -0.1) is 12.3 Å². The van der Waals surface area contributed by atoms with Crippen LogP contribution in [0.4, 0.5) is 0 Å². The maximum atomic E-state index is 4.92. The number of rotatable bonds is 3. The van der Waals surface area contributed by atoms with Gasteiger partial charge >= 0.3 is 0 Å². The molecular weight excluding hydrogens is 323 g/mol. The van der Waals surface area contributed by atoms with Crippen molar-refractivity contribution < 1.29 is 0 Å². The van der Waals surface area contributed by atoms with Crippen molar-refractivity contribution in [3.8, 4) is 12.3 Å². The maximum absolute atomic E-state index is 4.92. The van der Waals surface area contributed by atoms with Crippen molar-refractivity contribution in [2.45, 2.75) is 93.9 Å². The molecule has 110 valence electrons. The van der Waals surface area contributed by atoms with Gasteiger partial charge in [0.15, 0.2) is 0 Å². The molecule has 0 aliphatic carbocycles. The molecule has 4 radical (unpaired) electrons. The molecule has 0 fully saturated rings. The molecule has 18 heavy (non-hydrogen) atoms. The van der Waals surface area contributed by atoms with Crippen LogP contribution in [0.25, 0.3) is 0 Å². The normalized spacial score (nSPS) is 7.11. The van der Waals surface area contributed by atoms with Crippen LogP contribution in [0.15, 0.2) is 0 Å². The molecule has 0 aliphatic heterocycles. The zero-order chi connectivity index (χ0) is 14.5. The Morgan fingerprint density at radius 3 is 0.778 bits per heavy atom. The van der Waals surface area contributed by atoms with Gasteiger partial charge in [0.25, 0.3) is 0 Å². The fourth-order valence-corrected chi connectivity index (χ4v) is 0. The van der Waals surface area contributed by atoms with Crippen LogP contribution in [-0.4, -0.2) is 23.9 Å². The summed E-state index contributed by atoms with van der Waals surface area (Å²) >= 11 is 0. The van der Waals surface area contributed by atoms with E-state index in [0.717, 1.165) is 0 Å². The number of hydrogen-bond acceptors (Lipinski definition) is 0. The first-order chi connectivity index (χ1) is 8.01. The quantitative estimate of drug-likeness (QED) is 0.408. The van der Waals surface area contributed by atoms with Crippen LogP contribution in [-0.2, 0) is 0 Å². The van der Waals surface area contributed by atoms with Crippen molar-refractivity contribution in [1.29, 1.82) is 0 Å². The summed E-state index contributed by atoms with van der Waals surface area (Å²) in [4.78, 5) is 0. The zero-order valence-corrected chi connectivity index (χ0v) is 17.3. The summed E-state index contributed by atoms with van der Waals surface area (Å²) in [6, 6.07) is 0. The van der Waals surface area contributed by atoms with E-state index in [2.05, 4.69) is 47.5 Å². The maximum Gasteiger partial charge on any atom is 0.0143 e. The van der Waals surface area contributed by atoms with E-state index in [1.807, 2.05) is 13.8 Å². The van der Waals surface area contributed by atoms with Crippen LogP contribution in [0.2, 0.25) is 0 Å². The molecule has 0 nitrogen and oxygen atoms in total. The van der Waals surface area contributed by atoms with Gasteiger partial charge < -0.3 is 0 Å². The van der Waals surface area contributed by atoms with Crippen molar-refractivity contribution in [3.63, 3.8) is 0 Å². The van der Waals surface area contributed by atoms with Gasteiger partial charge in [0.05, 0.1) is 0 Å². The van der Waals surface area contributed by atoms with Crippen molar-refractivity contribution >= 4 is 23.9 Å². The zero-order valence-electron chi connectivity index (χ0n) is 14.4. The molecule has 0 aliphatic rings.